The van der Waals surface area contributed by atoms with Crippen LogP contribution in [0.1, 0.15) is 61.7 Å². The summed E-state index contributed by atoms with van der Waals surface area (Å²) >= 11 is 0. The minimum absolute atomic E-state index is 0.0469. The molecule has 204 valence electrons. The third-order valence-corrected chi connectivity index (χ3v) is 8.59. The molecule has 3 aliphatic rings. The molecule has 2 heterocycles. The first-order valence-electron chi connectivity index (χ1n) is 14.3. The van der Waals surface area contributed by atoms with Gasteiger partial charge in [-0.3, -0.25) is 4.79 Å². The van der Waals surface area contributed by atoms with Gasteiger partial charge in [-0.1, -0.05) is 18.2 Å². The zero-order valence-corrected chi connectivity index (χ0v) is 22.2. The Labute approximate surface area is 225 Å². The molecule has 1 aliphatic carbocycles. The van der Waals surface area contributed by atoms with E-state index in [1.165, 1.54) is 18.6 Å². The third-order valence-electron chi connectivity index (χ3n) is 8.59. The van der Waals surface area contributed by atoms with Gasteiger partial charge in [-0.2, -0.15) is 0 Å². The summed E-state index contributed by atoms with van der Waals surface area (Å²) in [4.78, 5) is 29.9. The van der Waals surface area contributed by atoms with Crippen LogP contribution in [0.5, 0.6) is 5.75 Å². The minimum Gasteiger partial charge on any atom is -0.489 e. The number of halogens is 1. The molecule has 2 saturated heterocycles. The highest BCUT2D eigenvalue weighted by molar-refractivity contribution is 5.97. The van der Waals surface area contributed by atoms with Crippen LogP contribution in [0.4, 0.5) is 9.18 Å². The Balaban J connectivity index is 0.959. The molecule has 38 heavy (non-hydrogen) atoms. The Morgan fingerprint density at radius 1 is 0.868 bits per heavy atom. The van der Waals surface area contributed by atoms with Crippen LogP contribution < -0.4 is 10.1 Å². The Hall–Kier alpha value is -2.93. The third kappa shape index (κ3) is 7.13. The van der Waals surface area contributed by atoms with Crippen LogP contribution in [0.15, 0.2) is 54.6 Å². The monoisotopic (exact) mass is 521 g/mol. The van der Waals surface area contributed by atoms with Crippen molar-refractivity contribution in [1.29, 1.82) is 0 Å². The lowest BCUT2D eigenvalue weighted by molar-refractivity contribution is 0.0832. The number of carbonyl (C=O) groups is 2. The van der Waals surface area contributed by atoms with Gasteiger partial charge < -0.3 is 19.9 Å². The molecule has 6 nitrogen and oxygen atoms in total. The van der Waals surface area contributed by atoms with E-state index >= 15 is 0 Å². The van der Waals surface area contributed by atoms with Crippen molar-refractivity contribution >= 4 is 11.8 Å². The molecule has 1 saturated carbocycles. The smallest absolute Gasteiger partial charge is 0.317 e. The number of likely N-dealkylation sites (tertiary alicyclic amines) is 2. The molecule has 5 rings (SSSR count). The van der Waals surface area contributed by atoms with E-state index in [0.717, 1.165) is 76.9 Å². The van der Waals surface area contributed by atoms with Gasteiger partial charge in [0.25, 0.3) is 0 Å². The molecule has 2 aromatic rings. The number of rotatable bonds is 8. The van der Waals surface area contributed by atoms with Gasteiger partial charge in [-0.25, -0.2) is 9.18 Å². The zero-order valence-electron chi connectivity index (χ0n) is 22.2. The molecule has 7 heteroatoms. The van der Waals surface area contributed by atoms with Crippen molar-refractivity contribution in [3.8, 4) is 5.75 Å². The molecule has 2 aromatic carbocycles. The van der Waals surface area contributed by atoms with E-state index in [0.29, 0.717) is 18.0 Å². The van der Waals surface area contributed by atoms with Gasteiger partial charge in [0.2, 0.25) is 0 Å². The SMILES string of the molecule is O=C(c1ccc(F)cc1)C1CCN(CCC2CCC(NC(=O)N3CCC(Oc4ccccc4)C3)CC2)CC1. The highest BCUT2D eigenvalue weighted by Crippen LogP contribution is 2.29. The number of para-hydroxylation sites is 1. The summed E-state index contributed by atoms with van der Waals surface area (Å²) in [5.74, 6) is 1.46. The van der Waals surface area contributed by atoms with E-state index < -0.39 is 0 Å². The van der Waals surface area contributed by atoms with Gasteiger partial charge in [-0.15, -0.1) is 0 Å². The van der Waals surface area contributed by atoms with Crippen LogP contribution in [-0.2, 0) is 0 Å². The van der Waals surface area contributed by atoms with E-state index in [2.05, 4.69) is 10.2 Å². The fraction of sp³-hybridized carbons (Fsp3) is 0.548. The van der Waals surface area contributed by atoms with Crippen LogP contribution in [0.3, 0.4) is 0 Å². The van der Waals surface area contributed by atoms with Crippen LogP contribution >= 0.6 is 0 Å². The number of benzene rings is 2. The summed E-state index contributed by atoms with van der Waals surface area (Å²) < 4.78 is 19.2. The highest BCUT2D eigenvalue weighted by Gasteiger charge is 2.31. The Morgan fingerprint density at radius 2 is 1.58 bits per heavy atom. The summed E-state index contributed by atoms with van der Waals surface area (Å²) in [5, 5.41) is 3.27. The Morgan fingerprint density at radius 3 is 2.29 bits per heavy atom. The molecule has 1 N–H and O–H groups in total. The fourth-order valence-electron chi connectivity index (χ4n) is 6.20. The number of ether oxygens (including phenoxy) is 1. The second kappa shape index (κ2) is 12.7. The number of hydrogen-bond donors (Lipinski definition) is 1. The second-order valence-electron chi connectivity index (χ2n) is 11.2. The largest absolute Gasteiger partial charge is 0.489 e. The quantitative estimate of drug-likeness (QED) is 0.464. The van der Waals surface area contributed by atoms with Crippen molar-refractivity contribution in [2.75, 3.05) is 32.7 Å². The molecule has 2 amide bonds. The van der Waals surface area contributed by atoms with E-state index in [9.17, 15) is 14.0 Å². The summed E-state index contributed by atoms with van der Waals surface area (Å²) in [7, 11) is 0. The van der Waals surface area contributed by atoms with Crippen molar-refractivity contribution in [3.05, 3.63) is 66.0 Å². The number of piperidine rings is 1. The van der Waals surface area contributed by atoms with Crippen molar-refractivity contribution in [1.82, 2.24) is 15.1 Å². The number of carbonyl (C=O) groups excluding carboxylic acids is 2. The first-order valence-corrected chi connectivity index (χ1v) is 14.3. The molecule has 0 aromatic heterocycles. The van der Waals surface area contributed by atoms with Gasteiger partial charge in [0.1, 0.15) is 17.7 Å². The van der Waals surface area contributed by atoms with E-state index in [4.69, 9.17) is 4.74 Å². The van der Waals surface area contributed by atoms with Crippen LogP contribution in [0.2, 0.25) is 0 Å². The summed E-state index contributed by atoms with van der Waals surface area (Å²) in [6.07, 6.45) is 8.27. The van der Waals surface area contributed by atoms with Crippen LogP contribution in [0, 0.1) is 17.7 Å². The maximum Gasteiger partial charge on any atom is 0.317 e. The number of nitrogens with zero attached hydrogens (tertiary/aromatic N) is 2. The summed E-state index contributed by atoms with van der Waals surface area (Å²) in [5.41, 5.74) is 0.624. The van der Waals surface area contributed by atoms with Gasteiger partial charge in [0.05, 0.1) is 6.54 Å². The maximum atomic E-state index is 13.2. The van der Waals surface area contributed by atoms with Crippen LogP contribution in [0.25, 0.3) is 0 Å². The fourth-order valence-corrected chi connectivity index (χ4v) is 6.20. The highest BCUT2D eigenvalue weighted by atomic mass is 19.1. The number of nitrogens with one attached hydrogen (secondary N) is 1. The standard InChI is InChI=1S/C31H40FN3O3/c32-26-10-8-24(9-11-26)30(36)25-15-19-34(20-16-25)18-14-23-6-12-27(13-7-23)33-31(37)35-21-17-29(22-35)38-28-4-2-1-3-5-28/h1-5,8-11,23,25,27,29H,6-7,12-22H2,(H,33,37). The van der Waals surface area contributed by atoms with E-state index in [-0.39, 0.29) is 35.7 Å². The van der Waals surface area contributed by atoms with Crippen molar-refractivity contribution in [2.24, 2.45) is 11.8 Å². The first kappa shape index (κ1) is 26.7. The lowest BCUT2D eigenvalue weighted by atomic mass is 9.83. The molecule has 0 bridgehead atoms. The minimum atomic E-state index is -0.304. The Bertz CT molecular complexity index is 1050. The first-order chi connectivity index (χ1) is 18.5. The average Bonchev–Trinajstić information content (AvgIpc) is 3.42. The number of ketones is 1. The van der Waals surface area contributed by atoms with Gasteiger partial charge in [0.15, 0.2) is 5.78 Å². The number of amides is 2. The summed E-state index contributed by atoms with van der Waals surface area (Å²) in [6, 6.07) is 16.1. The van der Waals surface area contributed by atoms with Gasteiger partial charge in [0, 0.05) is 30.5 Å². The lowest BCUT2D eigenvalue weighted by Gasteiger charge is -2.34. The zero-order chi connectivity index (χ0) is 26.3. The topological polar surface area (TPSA) is 61.9 Å². The number of Topliss-reactive ketones (excluding diaryl/α,β-unsaturated/α-hetero) is 1. The molecule has 1 atom stereocenters. The lowest BCUT2D eigenvalue weighted by Crippen LogP contribution is -2.45. The Kier molecular flexibility index (Phi) is 8.94. The predicted molar refractivity (Wildman–Crippen MR) is 146 cm³/mol. The van der Waals surface area contributed by atoms with Crippen molar-refractivity contribution in [2.45, 2.75) is 63.5 Å². The van der Waals surface area contributed by atoms with Crippen molar-refractivity contribution < 1.29 is 18.7 Å². The molecule has 0 radical (unpaired) electrons. The van der Waals surface area contributed by atoms with Gasteiger partial charge in [-0.05, 0) is 107 Å². The van der Waals surface area contributed by atoms with Gasteiger partial charge >= 0.3 is 6.03 Å². The summed E-state index contributed by atoms with van der Waals surface area (Å²) in [6.45, 7) is 4.37. The second-order valence-corrected chi connectivity index (χ2v) is 11.2. The molecule has 3 fully saturated rings. The molecule has 2 aliphatic heterocycles. The molecular weight excluding hydrogens is 481 g/mol. The molecular formula is C31H40FN3O3. The van der Waals surface area contributed by atoms with Crippen LogP contribution in [-0.4, -0.2) is 66.5 Å². The van der Waals surface area contributed by atoms with Crippen molar-refractivity contribution in [3.63, 3.8) is 0 Å². The molecule has 0 spiro atoms. The average molecular weight is 522 g/mol. The van der Waals surface area contributed by atoms with E-state index in [1.807, 2.05) is 35.2 Å². The normalized spacial score (nSPS) is 24.8. The predicted octanol–water partition coefficient (Wildman–Crippen LogP) is 5.53. The van der Waals surface area contributed by atoms with E-state index in [1.54, 1.807) is 12.1 Å². The number of urea groups is 1. The maximum absolute atomic E-state index is 13.2. The number of hydrogen-bond acceptors (Lipinski definition) is 4. The molecule has 1 unspecified atom stereocenters.